The van der Waals surface area contributed by atoms with Gasteiger partial charge in [-0.25, -0.2) is 8.42 Å². The first-order valence-electron chi connectivity index (χ1n) is 16.0. The minimum Gasteiger partial charge on any atom is -0.497 e. The van der Waals surface area contributed by atoms with Crippen LogP contribution in [0.25, 0.3) is 0 Å². The summed E-state index contributed by atoms with van der Waals surface area (Å²) in [6.45, 7) is 7.18. The molecule has 254 valence electrons. The van der Waals surface area contributed by atoms with Gasteiger partial charge in [-0.15, -0.1) is 0 Å². The van der Waals surface area contributed by atoms with Crippen LogP contribution in [0.3, 0.4) is 0 Å². The van der Waals surface area contributed by atoms with Gasteiger partial charge < -0.3 is 19.7 Å². The lowest BCUT2D eigenvalue weighted by Gasteiger charge is -2.35. The van der Waals surface area contributed by atoms with Crippen molar-refractivity contribution >= 4 is 27.5 Å². The summed E-state index contributed by atoms with van der Waals surface area (Å²) in [4.78, 5) is 30.3. The average Bonchev–Trinajstić information content (AvgIpc) is 3.09. The van der Waals surface area contributed by atoms with E-state index in [0.29, 0.717) is 12.2 Å². The van der Waals surface area contributed by atoms with Gasteiger partial charge in [0.15, 0.2) is 0 Å². The molecule has 10 heteroatoms. The van der Waals surface area contributed by atoms with Crippen LogP contribution in [0.15, 0.2) is 102 Å². The number of amides is 2. The molecular weight excluding hydrogens is 627 g/mol. The third-order valence-electron chi connectivity index (χ3n) is 8.42. The fourth-order valence-corrected chi connectivity index (χ4v) is 6.73. The van der Waals surface area contributed by atoms with Crippen LogP contribution in [-0.2, 0) is 32.6 Å². The van der Waals surface area contributed by atoms with E-state index in [9.17, 15) is 18.0 Å². The number of rotatable bonds is 15. The zero-order valence-corrected chi connectivity index (χ0v) is 29.3. The highest BCUT2D eigenvalue weighted by Gasteiger charge is 2.36. The third-order valence-corrected chi connectivity index (χ3v) is 10.2. The number of aryl methyl sites for hydroxylation is 2. The van der Waals surface area contributed by atoms with Gasteiger partial charge in [0.05, 0.1) is 24.8 Å². The number of carbonyl (C=O) groups is 2. The maximum atomic E-state index is 14.8. The Balaban J connectivity index is 1.88. The lowest BCUT2D eigenvalue weighted by atomic mass is 10.0. The topological polar surface area (TPSA) is 105 Å². The molecule has 0 heterocycles. The predicted molar refractivity (Wildman–Crippen MR) is 189 cm³/mol. The minimum absolute atomic E-state index is 0.00609. The van der Waals surface area contributed by atoms with Crippen LogP contribution in [0.1, 0.15) is 42.5 Å². The number of anilines is 1. The highest BCUT2D eigenvalue weighted by atomic mass is 32.2. The fourth-order valence-electron chi connectivity index (χ4n) is 5.31. The van der Waals surface area contributed by atoms with Crippen LogP contribution in [0.5, 0.6) is 11.5 Å². The molecule has 0 saturated heterocycles. The van der Waals surface area contributed by atoms with E-state index in [0.717, 1.165) is 26.6 Å². The Kier molecular flexibility index (Phi) is 12.2. The number of benzene rings is 4. The molecule has 2 atom stereocenters. The number of hydrogen-bond acceptors (Lipinski definition) is 6. The molecule has 0 radical (unpaired) electrons. The van der Waals surface area contributed by atoms with E-state index < -0.39 is 28.5 Å². The van der Waals surface area contributed by atoms with Gasteiger partial charge in [0.2, 0.25) is 11.8 Å². The van der Waals surface area contributed by atoms with Gasteiger partial charge in [0.25, 0.3) is 10.0 Å². The molecule has 0 aromatic heterocycles. The zero-order chi connectivity index (χ0) is 34.8. The average molecular weight is 672 g/mol. The largest absolute Gasteiger partial charge is 0.497 e. The standard InChI is InChI=1S/C38H45N3O6S/c1-7-29(4)39-38(43)35(23-30-14-9-8-10-15-30)40(25-31-16-12-11-13-28(31)3)37(42)26-41(34-24-32(46-5)19-22-36(34)47-6)48(44,45)33-20-17-27(2)18-21-33/h8-22,24,29,35H,7,23,25-26H2,1-6H3,(H,39,43)/t29-,35+/m0/s1. The summed E-state index contributed by atoms with van der Waals surface area (Å²) < 4.78 is 41.0. The molecule has 9 nitrogen and oxygen atoms in total. The first-order valence-corrected chi connectivity index (χ1v) is 17.4. The van der Waals surface area contributed by atoms with Crippen molar-refractivity contribution in [1.82, 2.24) is 10.2 Å². The summed E-state index contributed by atoms with van der Waals surface area (Å²) in [5.74, 6) is -0.254. The Bertz CT molecular complexity index is 1800. The van der Waals surface area contributed by atoms with Gasteiger partial charge >= 0.3 is 0 Å². The van der Waals surface area contributed by atoms with Gasteiger partial charge in [0.1, 0.15) is 24.1 Å². The summed E-state index contributed by atoms with van der Waals surface area (Å²) in [6, 6.07) is 27.3. The number of nitrogens with zero attached hydrogens (tertiary/aromatic N) is 2. The van der Waals surface area contributed by atoms with E-state index in [-0.39, 0.29) is 41.2 Å². The highest BCUT2D eigenvalue weighted by molar-refractivity contribution is 7.92. The third kappa shape index (κ3) is 8.74. The Morgan fingerprint density at radius 1 is 0.854 bits per heavy atom. The van der Waals surface area contributed by atoms with E-state index in [4.69, 9.17) is 9.47 Å². The summed E-state index contributed by atoms with van der Waals surface area (Å²) in [6.07, 6.45) is 0.932. The van der Waals surface area contributed by atoms with Crippen LogP contribution in [0.2, 0.25) is 0 Å². The normalized spacial score (nSPS) is 12.5. The van der Waals surface area contributed by atoms with E-state index in [1.807, 2.05) is 82.3 Å². The SMILES string of the molecule is CC[C@H](C)NC(=O)[C@@H](Cc1ccccc1)N(Cc1ccccc1C)C(=O)CN(c1cc(OC)ccc1OC)S(=O)(=O)c1ccc(C)cc1. The molecule has 4 aromatic rings. The minimum atomic E-state index is -4.32. The number of methoxy groups -OCH3 is 2. The summed E-state index contributed by atoms with van der Waals surface area (Å²) in [5, 5.41) is 3.06. The molecule has 4 rings (SSSR count). The Hall–Kier alpha value is -4.83. The Morgan fingerprint density at radius 2 is 1.52 bits per heavy atom. The van der Waals surface area contributed by atoms with Crippen LogP contribution in [0, 0.1) is 13.8 Å². The summed E-state index contributed by atoms with van der Waals surface area (Å²) >= 11 is 0. The first kappa shape index (κ1) is 36.0. The molecule has 0 bridgehead atoms. The molecule has 0 spiro atoms. The molecule has 0 aliphatic rings. The number of hydrogen-bond donors (Lipinski definition) is 1. The predicted octanol–water partition coefficient (Wildman–Crippen LogP) is 6.07. The molecule has 0 fully saturated rings. The van der Waals surface area contributed by atoms with Crippen molar-refractivity contribution in [2.75, 3.05) is 25.1 Å². The number of carbonyl (C=O) groups excluding carboxylic acids is 2. The second-order valence-electron chi connectivity index (χ2n) is 11.8. The molecule has 0 aliphatic carbocycles. The molecule has 2 amide bonds. The zero-order valence-electron chi connectivity index (χ0n) is 28.5. The van der Waals surface area contributed by atoms with Gasteiger partial charge in [-0.3, -0.25) is 13.9 Å². The van der Waals surface area contributed by atoms with Gasteiger partial charge in [-0.05, 0) is 68.1 Å². The number of ether oxygens (including phenoxy) is 2. The second kappa shape index (κ2) is 16.3. The quantitative estimate of drug-likeness (QED) is 0.165. The van der Waals surface area contributed by atoms with Crippen LogP contribution >= 0.6 is 0 Å². The lowest BCUT2D eigenvalue weighted by molar-refractivity contribution is -0.140. The van der Waals surface area contributed by atoms with E-state index in [1.165, 1.54) is 37.3 Å². The van der Waals surface area contributed by atoms with Gasteiger partial charge in [-0.2, -0.15) is 0 Å². The van der Waals surface area contributed by atoms with Crippen LogP contribution in [-0.4, -0.2) is 58.0 Å². The molecule has 48 heavy (non-hydrogen) atoms. The van der Waals surface area contributed by atoms with Gasteiger partial charge in [0, 0.05) is 25.1 Å². The van der Waals surface area contributed by atoms with Crippen molar-refractivity contribution in [3.63, 3.8) is 0 Å². The van der Waals surface area contributed by atoms with Crippen molar-refractivity contribution in [3.05, 3.63) is 119 Å². The molecule has 0 unspecified atom stereocenters. The van der Waals surface area contributed by atoms with Crippen LogP contribution < -0.4 is 19.1 Å². The van der Waals surface area contributed by atoms with E-state index in [2.05, 4.69) is 5.32 Å². The summed E-state index contributed by atoms with van der Waals surface area (Å²) in [5.41, 5.74) is 3.66. The lowest BCUT2D eigenvalue weighted by Crippen LogP contribution is -2.54. The fraction of sp³-hybridized carbons (Fsp3) is 0.316. The van der Waals surface area contributed by atoms with Crippen molar-refractivity contribution in [1.29, 1.82) is 0 Å². The first-order chi connectivity index (χ1) is 23.0. The Labute approximate surface area is 284 Å². The monoisotopic (exact) mass is 671 g/mol. The molecule has 0 aliphatic heterocycles. The van der Waals surface area contributed by atoms with Crippen molar-refractivity contribution in [2.24, 2.45) is 0 Å². The van der Waals surface area contributed by atoms with E-state index in [1.54, 1.807) is 24.3 Å². The van der Waals surface area contributed by atoms with E-state index >= 15 is 0 Å². The number of sulfonamides is 1. The smallest absolute Gasteiger partial charge is 0.264 e. The maximum absolute atomic E-state index is 14.8. The molecular formula is C38H45N3O6S. The number of nitrogens with one attached hydrogen (secondary N) is 1. The van der Waals surface area contributed by atoms with Gasteiger partial charge in [-0.1, -0.05) is 79.2 Å². The van der Waals surface area contributed by atoms with Crippen molar-refractivity contribution in [2.45, 2.75) is 64.1 Å². The molecule has 4 aromatic carbocycles. The molecule has 0 saturated carbocycles. The van der Waals surface area contributed by atoms with Crippen molar-refractivity contribution in [3.8, 4) is 11.5 Å². The van der Waals surface area contributed by atoms with Crippen molar-refractivity contribution < 1.29 is 27.5 Å². The van der Waals surface area contributed by atoms with Crippen LogP contribution in [0.4, 0.5) is 5.69 Å². The highest BCUT2D eigenvalue weighted by Crippen LogP contribution is 2.36. The maximum Gasteiger partial charge on any atom is 0.264 e. The second-order valence-corrected chi connectivity index (χ2v) is 13.7. The summed E-state index contributed by atoms with van der Waals surface area (Å²) in [7, 11) is -1.41. The Morgan fingerprint density at radius 3 is 2.15 bits per heavy atom. The molecule has 1 N–H and O–H groups in total.